The van der Waals surface area contributed by atoms with Crippen LogP contribution in [0.5, 0.6) is 23.0 Å². The van der Waals surface area contributed by atoms with E-state index in [2.05, 4.69) is 35.5 Å². The Bertz CT molecular complexity index is 881. The average molecular weight is 430 g/mol. The lowest BCUT2D eigenvalue weighted by Gasteiger charge is -2.27. The molecule has 0 saturated carbocycles. The van der Waals surface area contributed by atoms with E-state index in [1.54, 1.807) is 35.5 Å². The number of nitrogens with one attached hydrogen (secondary N) is 2. The molecule has 0 aliphatic carbocycles. The molecule has 0 spiro atoms. The monoisotopic (exact) mass is 429 g/mol. The molecule has 0 saturated heterocycles. The second-order valence-corrected chi connectivity index (χ2v) is 7.75. The van der Waals surface area contributed by atoms with Gasteiger partial charge in [0.05, 0.1) is 28.4 Å². The molecule has 0 unspecified atom stereocenters. The molecule has 0 bridgehead atoms. The van der Waals surface area contributed by atoms with Crippen molar-refractivity contribution in [3.8, 4) is 23.0 Å². The standard InChI is InChI=1S/C24H35N3O4/c1-24(2,18-9-11-20(29-5)22(15-18)31-7)16-27-23(25-3)26-13-12-17-8-10-19(28-4)21(14-17)30-6/h8-11,14-15H,12-13,16H2,1-7H3,(H2,25,26,27). The maximum atomic E-state index is 5.45. The first-order valence-electron chi connectivity index (χ1n) is 10.3. The van der Waals surface area contributed by atoms with Gasteiger partial charge in [-0.15, -0.1) is 0 Å². The maximum absolute atomic E-state index is 5.45. The molecule has 2 aromatic carbocycles. The summed E-state index contributed by atoms with van der Waals surface area (Å²) in [6.45, 7) is 5.81. The quantitative estimate of drug-likeness (QED) is 0.445. The number of ether oxygens (including phenoxy) is 4. The van der Waals surface area contributed by atoms with Crippen molar-refractivity contribution in [2.75, 3.05) is 48.6 Å². The summed E-state index contributed by atoms with van der Waals surface area (Å²) in [5.74, 6) is 3.68. The molecule has 0 aromatic heterocycles. The van der Waals surface area contributed by atoms with Crippen molar-refractivity contribution in [3.63, 3.8) is 0 Å². The van der Waals surface area contributed by atoms with Crippen LogP contribution in [0.4, 0.5) is 0 Å². The molecule has 0 aliphatic rings. The van der Waals surface area contributed by atoms with E-state index < -0.39 is 0 Å². The van der Waals surface area contributed by atoms with Crippen LogP contribution in [-0.4, -0.2) is 54.5 Å². The molecule has 170 valence electrons. The lowest BCUT2D eigenvalue weighted by atomic mass is 9.84. The summed E-state index contributed by atoms with van der Waals surface area (Å²) in [4.78, 5) is 4.34. The van der Waals surface area contributed by atoms with Crippen LogP contribution in [0.25, 0.3) is 0 Å². The van der Waals surface area contributed by atoms with E-state index in [0.29, 0.717) is 6.54 Å². The minimum absolute atomic E-state index is 0.138. The molecule has 2 rings (SSSR count). The number of benzene rings is 2. The fraction of sp³-hybridized carbons (Fsp3) is 0.458. The molecule has 0 heterocycles. The first-order valence-corrected chi connectivity index (χ1v) is 10.3. The number of rotatable bonds is 10. The summed E-state index contributed by atoms with van der Waals surface area (Å²) >= 11 is 0. The highest BCUT2D eigenvalue weighted by Crippen LogP contribution is 2.33. The normalized spacial score (nSPS) is 11.6. The van der Waals surface area contributed by atoms with Crippen LogP contribution in [0.1, 0.15) is 25.0 Å². The number of hydrogen-bond acceptors (Lipinski definition) is 5. The third kappa shape index (κ3) is 6.44. The Hall–Kier alpha value is -3.09. The topological polar surface area (TPSA) is 73.3 Å². The zero-order valence-corrected chi connectivity index (χ0v) is 19.7. The van der Waals surface area contributed by atoms with E-state index in [-0.39, 0.29) is 5.41 Å². The van der Waals surface area contributed by atoms with Gasteiger partial charge in [-0.05, 0) is 41.8 Å². The van der Waals surface area contributed by atoms with Crippen molar-refractivity contribution >= 4 is 5.96 Å². The minimum Gasteiger partial charge on any atom is -0.493 e. The van der Waals surface area contributed by atoms with Gasteiger partial charge in [0.25, 0.3) is 0 Å². The van der Waals surface area contributed by atoms with E-state index in [0.717, 1.165) is 53.1 Å². The highest BCUT2D eigenvalue weighted by molar-refractivity contribution is 5.79. The Morgan fingerprint density at radius 1 is 0.806 bits per heavy atom. The van der Waals surface area contributed by atoms with Gasteiger partial charge in [0.2, 0.25) is 0 Å². The first kappa shape index (κ1) is 24.2. The Morgan fingerprint density at radius 2 is 1.39 bits per heavy atom. The molecular formula is C24H35N3O4. The number of hydrogen-bond donors (Lipinski definition) is 2. The number of aliphatic imine (C=N–C) groups is 1. The minimum atomic E-state index is -0.138. The second kappa shape index (κ2) is 11.3. The van der Waals surface area contributed by atoms with Gasteiger partial charge >= 0.3 is 0 Å². The third-order valence-corrected chi connectivity index (χ3v) is 5.24. The molecule has 31 heavy (non-hydrogen) atoms. The van der Waals surface area contributed by atoms with Gasteiger partial charge in [-0.3, -0.25) is 4.99 Å². The summed E-state index contributed by atoms with van der Waals surface area (Å²) < 4.78 is 21.5. The smallest absolute Gasteiger partial charge is 0.191 e. The van der Waals surface area contributed by atoms with Crippen LogP contribution in [0.15, 0.2) is 41.4 Å². The molecular weight excluding hydrogens is 394 g/mol. The highest BCUT2D eigenvalue weighted by atomic mass is 16.5. The predicted molar refractivity (Wildman–Crippen MR) is 125 cm³/mol. The van der Waals surface area contributed by atoms with E-state index >= 15 is 0 Å². The molecule has 2 aromatic rings. The van der Waals surface area contributed by atoms with Crippen LogP contribution >= 0.6 is 0 Å². The molecule has 7 heteroatoms. The van der Waals surface area contributed by atoms with Crippen molar-refractivity contribution in [2.24, 2.45) is 4.99 Å². The average Bonchev–Trinajstić information content (AvgIpc) is 2.80. The summed E-state index contributed by atoms with van der Waals surface area (Å²) in [6.07, 6.45) is 0.833. The van der Waals surface area contributed by atoms with Crippen molar-refractivity contribution in [2.45, 2.75) is 25.7 Å². The summed E-state index contributed by atoms with van der Waals surface area (Å²) in [5.41, 5.74) is 2.17. The van der Waals surface area contributed by atoms with Crippen LogP contribution in [0.3, 0.4) is 0 Å². The zero-order chi connectivity index (χ0) is 22.9. The molecule has 0 atom stereocenters. The van der Waals surface area contributed by atoms with E-state index in [1.807, 2.05) is 30.3 Å². The Morgan fingerprint density at radius 3 is 1.97 bits per heavy atom. The Balaban J connectivity index is 1.93. The SMILES string of the molecule is CN=C(NCCc1ccc(OC)c(OC)c1)NCC(C)(C)c1ccc(OC)c(OC)c1. The second-order valence-electron chi connectivity index (χ2n) is 7.75. The largest absolute Gasteiger partial charge is 0.493 e. The molecule has 0 aliphatic heterocycles. The lowest BCUT2D eigenvalue weighted by molar-refractivity contribution is 0.353. The van der Waals surface area contributed by atoms with Crippen molar-refractivity contribution < 1.29 is 18.9 Å². The number of methoxy groups -OCH3 is 4. The molecule has 0 amide bonds. The predicted octanol–water partition coefficient (Wildman–Crippen LogP) is 3.41. The molecule has 0 radical (unpaired) electrons. The van der Waals surface area contributed by atoms with Gasteiger partial charge in [-0.2, -0.15) is 0 Å². The summed E-state index contributed by atoms with van der Waals surface area (Å²) in [6, 6.07) is 12.0. The zero-order valence-electron chi connectivity index (χ0n) is 19.7. The van der Waals surface area contributed by atoms with Gasteiger partial charge in [0.15, 0.2) is 29.0 Å². The van der Waals surface area contributed by atoms with Gasteiger partial charge in [0, 0.05) is 25.6 Å². The fourth-order valence-electron chi connectivity index (χ4n) is 3.25. The summed E-state index contributed by atoms with van der Waals surface area (Å²) in [7, 11) is 8.35. The Kier molecular flexibility index (Phi) is 8.85. The first-order chi connectivity index (χ1) is 14.9. The third-order valence-electron chi connectivity index (χ3n) is 5.24. The highest BCUT2D eigenvalue weighted by Gasteiger charge is 2.22. The van der Waals surface area contributed by atoms with Crippen LogP contribution in [0.2, 0.25) is 0 Å². The van der Waals surface area contributed by atoms with Gasteiger partial charge in [-0.25, -0.2) is 0 Å². The lowest BCUT2D eigenvalue weighted by Crippen LogP contribution is -2.44. The molecule has 2 N–H and O–H groups in total. The Labute approximate surface area is 185 Å². The van der Waals surface area contributed by atoms with Gasteiger partial charge in [0.1, 0.15) is 0 Å². The van der Waals surface area contributed by atoms with E-state index in [4.69, 9.17) is 18.9 Å². The number of nitrogens with zero attached hydrogens (tertiary/aromatic N) is 1. The van der Waals surface area contributed by atoms with Crippen LogP contribution in [0, 0.1) is 0 Å². The molecule has 7 nitrogen and oxygen atoms in total. The maximum Gasteiger partial charge on any atom is 0.191 e. The van der Waals surface area contributed by atoms with Crippen molar-refractivity contribution in [1.82, 2.24) is 10.6 Å². The van der Waals surface area contributed by atoms with E-state index in [1.165, 1.54) is 0 Å². The van der Waals surface area contributed by atoms with Crippen molar-refractivity contribution in [1.29, 1.82) is 0 Å². The van der Waals surface area contributed by atoms with Gasteiger partial charge in [-0.1, -0.05) is 26.0 Å². The fourth-order valence-corrected chi connectivity index (χ4v) is 3.25. The van der Waals surface area contributed by atoms with Crippen molar-refractivity contribution in [3.05, 3.63) is 47.5 Å². The van der Waals surface area contributed by atoms with Crippen LogP contribution < -0.4 is 29.6 Å². The van der Waals surface area contributed by atoms with E-state index in [9.17, 15) is 0 Å². The summed E-state index contributed by atoms with van der Waals surface area (Å²) in [5, 5.41) is 6.79. The molecule has 0 fully saturated rings. The number of guanidine groups is 1. The van der Waals surface area contributed by atoms with Gasteiger partial charge < -0.3 is 29.6 Å². The van der Waals surface area contributed by atoms with Crippen LogP contribution in [-0.2, 0) is 11.8 Å².